The van der Waals surface area contributed by atoms with Crippen LogP contribution in [-0.2, 0) is 5.54 Å². The van der Waals surface area contributed by atoms with Crippen molar-refractivity contribution in [2.24, 2.45) is 0 Å². The molecule has 2 aromatic carbocycles. The van der Waals surface area contributed by atoms with Crippen LogP contribution in [0.25, 0.3) is 11.4 Å². The summed E-state index contributed by atoms with van der Waals surface area (Å²) in [6, 6.07) is 19.1. The van der Waals surface area contributed by atoms with E-state index in [1.165, 1.54) is 0 Å². The fraction of sp³-hybridized carbons (Fsp3) is 0.310. The Morgan fingerprint density at radius 1 is 1.08 bits per heavy atom. The molecule has 38 heavy (non-hydrogen) atoms. The van der Waals surface area contributed by atoms with Crippen molar-refractivity contribution in [3.8, 4) is 17.1 Å². The lowest BCUT2D eigenvalue weighted by Crippen LogP contribution is -2.46. The van der Waals surface area contributed by atoms with Gasteiger partial charge in [0, 0.05) is 47.9 Å². The molecule has 0 saturated carbocycles. The highest BCUT2D eigenvalue weighted by atomic mass is 16.5. The van der Waals surface area contributed by atoms with E-state index in [0.29, 0.717) is 11.4 Å². The summed E-state index contributed by atoms with van der Waals surface area (Å²) in [7, 11) is 2.13. The van der Waals surface area contributed by atoms with Crippen LogP contribution in [0.3, 0.4) is 0 Å². The third kappa shape index (κ3) is 4.61. The largest absolute Gasteiger partial charge is 0.488 e. The summed E-state index contributed by atoms with van der Waals surface area (Å²) in [6.45, 7) is 3.80. The zero-order valence-electron chi connectivity index (χ0n) is 21.5. The Kier molecular flexibility index (Phi) is 6.29. The maximum atomic E-state index is 13.3. The lowest BCUT2D eigenvalue weighted by Gasteiger charge is -2.40. The third-order valence-electron chi connectivity index (χ3n) is 7.55. The number of benzene rings is 2. The minimum atomic E-state index is -0.438. The molecule has 4 heterocycles. The molecule has 9 nitrogen and oxygen atoms in total. The number of carbonyl (C=O) groups is 1. The number of nitrogens with one attached hydrogen (secondary N) is 3. The minimum absolute atomic E-state index is 0.136. The Morgan fingerprint density at radius 2 is 1.87 bits per heavy atom. The molecular weight excluding hydrogens is 478 g/mol. The number of anilines is 1. The lowest BCUT2D eigenvalue weighted by atomic mass is 9.86. The summed E-state index contributed by atoms with van der Waals surface area (Å²) in [4.78, 5) is 24.6. The third-order valence-corrected chi connectivity index (χ3v) is 7.55. The van der Waals surface area contributed by atoms with Gasteiger partial charge in [0.25, 0.3) is 5.91 Å². The molecule has 0 radical (unpaired) electrons. The molecule has 0 spiro atoms. The van der Waals surface area contributed by atoms with Crippen molar-refractivity contribution in [1.29, 1.82) is 0 Å². The van der Waals surface area contributed by atoms with Gasteiger partial charge < -0.3 is 20.3 Å². The van der Waals surface area contributed by atoms with Crippen molar-refractivity contribution in [1.82, 2.24) is 30.4 Å². The van der Waals surface area contributed by atoms with Crippen molar-refractivity contribution in [3.63, 3.8) is 0 Å². The Balaban J connectivity index is 1.25. The SMILES string of the molecule is CC1Oc2ccccc2C1NC(=O)c1cccc(NC2(c3nc(-c4ccncc4)n[nH]3)CCN(C)CC2)c1. The van der Waals surface area contributed by atoms with E-state index < -0.39 is 5.54 Å². The first kappa shape index (κ1) is 24.1. The van der Waals surface area contributed by atoms with Gasteiger partial charge in [0.05, 0.1) is 11.6 Å². The molecule has 1 saturated heterocycles. The molecule has 3 N–H and O–H groups in total. The van der Waals surface area contributed by atoms with Crippen LogP contribution in [0, 0.1) is 0 Å². The van der Waals surface area contributed by atoms with Gasteiger partial charge in [-0.05, 0) is 63.2 Å². The number of carbonyl (C=O) groups excluding carboxylic acids is 1. The fourth-order valence-corrected chi connectivity index (χ4v) is 5.33. The zero-order chi connectivity index (χ0) is 26.1. The Hall–Kier alpha value is -4.24. The van der Waals surface area contributed by atoms with Crippen molar-refractivity contribution < 1.29 is 9.53 Å². The van der Waals surface area contributed by atoms with Gasteiger partial charge in [-0.2, -0.15) is 5.10 Å². The first-order chi connectivity index (χ1) is 18.5. The first-order valence-corrected chi connectivity index (χ1v) is 13.0. The standard InChI is InChI=1S/C29H31N7O2/c1-19-25(23-8-3-4-9-24(23)38-19)31-27(37)21-6-5-7-22(18-21)33-29(12-16-36(2)17-13-29)28-32-26(34-35-28)20-10-14-30-15-11-20/h3-11,14-15,18-19,25,33H,12-13,16-17H2,1-2H3,(H,31,37)(H,32,34,35). The Morgan fingerprint density at radius 3 is 2.68 bits per heavy atom. The second-order valence-corrected chi connectivity index (χ2v) is 10.1. The summed E-state index contributed by atoms with van der Waals surface area (Å²) in [6.07, 6.45) is 5.03. The molecule has 4 aromatic rings. The first-order valence-electron chi connectivity index (χ1n) is 13.0. The molecule has 9 heteroatoms. The number of nitrogens with zero attached hydrogens (tertiary/aromatic N) is 4. The van der Waals surface area contributed by atoms with Gasteiger partial charge in [-0.1, -0.05) is 24.3 Å². The van der Waals surface area contributed by atoms with Crippen molar-refractivity contribution in [2.45, 2.75) is 37.5 Å². The number of para-hydroxylation sites is 1. The van der Waals surface area contributed by atoms with E-state index in [0.717, 1.165) is 54.3 Å². The van der Waals surface area contributed by atoms with E-state index in [1.54, 1.807) is 12.4 Å². The van der Waals surface area contributed by atoms with Gasteiger partial charge in [-0.3, -0.25) is 14.9 Å². The Labute approximate surface area is 221 Å². The molecule has 2 aliphatic rings. The van der Waals surface area contributed by atoms with Gasteiger partial charge in [0.2, 0.25) is 0 Å². The smallest absolute Gasteiger partial charge is 0.251 e. The van der Waals surface area contributed by atoms with Crippen LogP contribution >= 0.6 is 0 Å². The molecule has 0 bridgehead atoms. The van der Waals surface area contributed by atoms with Crippen LogP contribution in [0.1, 0.15) is 47.6 Å². The number of hydrogen-bond acceptors (Lipinski definition) is 7. The number of rotatable bonds is 6. The van der Waals surface area contributed by atoms with E-state index in [4.69, 9.17) is 9.72 Å². The number of aromatic nitrogens is 4. The van der Waals surface area contributed by atoms with Crippen molar-refractivity contribution in [2.75, 3.05) is 25.5 Å². The maximum absolute atomic E-state index is 13.3. The number of amides is 1. The topological polar surface area (TPSA) is 108 Å². The van der Waals surface area contributed by atoms with Gasteiger partial charge >= 0.3 is 0 Å². The highest BCUT2D eigenvalue weighted by Crippen LogP contribution is 2.37. The van der Waals surface area contributed by atoms with Gasteiger partial charge in [-0.25, -0.2) is 4.98 Å². The van der Waals surface area contributed by atoms with Crippen LogP contribution in [0.5, 0.6) is 5.75 Å². The van der Waals surface area contributed by atoms with E-state index in [-0.39, 0.29) is 18.1 Å². The van der Waals surface area contributed by atoms with E-state index >= 15 is 0 Å². The fourth-order valence-electron chi connectivity index (χ4n) is 5.33. The van der Waals surface area contributed by atoms with E-state index in [9.17, 15) is 4.79 Å². The highest BCUT2D eigenvalue weighted by Gasteiger charge is 2.39. The molecule has 194 valence electrons. The summed E-state index contributed by atoms with van der Waals surface area (Å²) in [5.74, 6) is 2.12. The van der Waals surface area contributed by atoms with Gasteiger partial charge in [0.1, 0.15) is 11.9 Å². The summed E-state index contributed by atoms with van der Waals surface area (Å²) < 4.78 is 5.93. The maximum Gasteiger partial charge on any atom is 0.251 e. The predicted molar refractivity (Wildman–Crippen MR) is 145 cm³/mol. The summed E-state index contributed by atoms with van der Waals surface area (Å²) >= 11 is 0. The zero-order valence-corrected chi connectivity index (χ0v) is 21.5. The molecule has 1 fully saturated rings. The second-order valence-electron chi connectivity index (χ2n) is 10.1. The summed E-state index contributed by atoms with van der Waals surface area (Å²) in [5.41, 5.74) is 2.93. The lowest BCUT2D eigenvalue weighted by molar-refractivity contribution is 0.0908. The normalized spacial score (nSPS) is 20.4. The van der Waals surface area contributed by atoms with Crippen LogP contribution in [0.15, 0.2) is 73.1 Å². The van der Waals surface area contributed by atoms with E-state index in [2.05, 4.69) is 37.8 Å². The van der Waals surface area contributed by atoms with Crippen LogP contribution in [0.2, 0.25) is 0 Å². The molecule has 0 aliphatic carbocycles. The average Bonchev–Trinajstić information content (AvgIpc) is 3.56. The molecule has 2 aliphatic heterocycles. The monoisotopic (exact) mass is 509 g/mol. The highest BCUT2D eigenvalue weighted by molar-refractivity contribution is 5.95. The molecule has 6 rings (SSSR count). The second kappa shape index (κ2) is 9.90. The number of pyridine rings is 1. The predicted octanol–water partition coefficient (Wildman–Crippen LogP) is 4.15. The Bertz CT molecular complexity index is 1430. The number of fused-ring (bicyclic) bond motifs is 1. The van der Waals surface area contributed by atoms with Crippen molar-refractivity contribution >= 4 is 11.6 Å². The van der Waals surface area contributed by atoms with E-state index in [1.807, 2.05) is 67.6 Å². The number of H-pyrrole nitrogens is 1. The van der Waals surface area contributed by atoms with Crippen LogP contribution in [0.4, 0.5) is 5.69 Å². The summed E-state index contributed by atoms with van der Waals surface area (Å²) in [5, 5.41) is 14.6. The van der Waals surface area contributed by atoms with Crippen LogP contribution in [-0.4, -0.2) is 57.2 Å². The number of piperidine rings is 1. The molecular formula is C29H31N7O2. The van der Waals surface area contributed by atoms with Gasteiger partial charge in [-0.15, -0.1) is 0 Å². The van der Waals surface area contributed by atoms with Gasteiger partial charge in [0.15, 0.2) is 11.6 Å². The minimum Gasteiger partial charge on any atom is -0.488 e. The molecule has 2 aromatic heterocycles. The quantitative estimate of drug-likeness (QED) is 0.358. The average molecular weight is 510 g/mol. The number of likely N-dealkylation sites (tertiary alicyclic amines) is 1. The van der Waals surface area contributed by atoms with Crippen molar-refractivity contribution in [3.05, 3.63) is 90.0 Å². The molecule has 2 atom stereocenters. The number of hydrogen-bond donors (Lipinski definition) is 3. The number of ether oxygens (including phenoxy) is 1. The number of aromatic amines is 1. The van der Waals surface area contributed by atoms with Crippen LogP contribution < -0.4 is 15.4 Å². The molecule has 2 unspecified atom stereocenters. The molecule has 1 amide bonds.